The number of hydrogen-bond acceptors (Lipinski definition) is 6. The average molecular weight is 585 g/mol. The summed E-state index contributed by atoms with van der Waals surface area (Å²) >= 11 is 1.38. The van der Waals surface area contributed by atoms with Gasteiger partial charge in [0.15, 0.2) is 5.82 Å². The Hall–Kier alpha value is -4.37. The molecule has 2 atom stereocenters. The third kappa shape index (κ3) is 7.67. The standard InChI is InChI=1S/C33H36N4O4S/c1-19-13-20(2)15-24(14-19)25-17-34-29(35-18-25)23-9-7-22(8-10-23)16-26(30(38)36-21(3)32(40)41)37-31(39)27-11-12-28(42-27)33(4,5)6/h7-15,17-18,21,26H,16H2,1-6H3,(H,36,38)(H,37,39)(H,40,41)/t21-,26+/m1/s1. The van der Waals surface area contributed by atoms with Crippen LogP contribution < -0.4 is 10.6 Å². The van der Waals surface area contributed by atoms with Crippen molar-refractivity contribution >= 4 is 29.1 Å². The summed E-state index contributed by atoms with van der Waals surface area (Å²) in [5, 5.41) is 14.6. The number of aryl methyl sites for hydroxylation is 2. The number of carboxylic acids is 1. The first-order valence-electron chi connectivity index (χ1n) is 13.7. The molecule has 8 nitrogen and oxygen atoms in total. The van der Waals surface area contributed by atoms with Gasteiger partial charge in [-0.1, -0.05) is 74.4 Å². The summed E-state index contributed by atoms with van der Waals surface area (Å²) in [6, 6.07) is 15.4. The molecule has 0 bridgehead atoms. The molecule has 2 aromatic carbocycles. The fourth-order valence-electron chi connectivity index (χ4n) is 4.47. The Morgan fingerprint density at radius 2 is 1.48 bits per heavy atom. The fraction of sp³-hybridized carbons (Fsp3) is 0.303. The first-order chi connectivity index (χ1) is 19.8. The van der Waals surface area contributed by atoms with E-state index in [2.05, 4.69) is 73.4 Å². The highest BCUT2D eigenvalue weighted by molar-refractivity contribution is 7.14. The number of carbonyl (C=O) groups is 3. The van der Waals surface area contributed by atoms with Gasteiger partial charge in [0, 0.05) is 34.8 Å². The molecule has 4 rings (SSSR count). The maximum absolute atomic E-state index is 13.1. The van der Waals surface area contributed by atoms with Crippen LogP contribution in [0.25, 0.3) is 22.5 Å². The quantitative estimate of drug-likeness (QED) is 0.232. The summed E-state index contributed by atoms with van der Waals surface area (Å²) in [5.74, 6) is -1.54. The van der Waals surface area contributed by atoms with Crippen LogP contribution in [-0.2, 0) is 21.4 Å². The molecule has 42 heavy (non-hydrogen) atoms. The smallest absolute Gasteiger partial charge is 0.325 e. The monoisotopic (exact) mass is 584 g/mol. The highest BCUT2D eigenvalue weighted by atomic mass is 32.1. The number of carboxylic acid groups (broad SMARTS) is 1. The fourth-order valence-corrected chi connectivity index (χ4v) is 5.44. The second-order valence-corrected chi connectivity index (χ2v) is 12.7. The normalized spacial score (nSPS) is 12.8. The van der Waals surface area contributed by atoms with Crippen molar-refractivity contribution < 1.29 is 19.5 Å². The summed E-state index contributed by atoms with van der Waals surface area (Å²) < 4.78 is 0. The second-order valence-electron chi connectivity index (χ2n) is 11.6. The predicted octanol–water partition coefficient (Wildman–Crippen LogP) is 5.72. The van der Waals surface area contributed by atoms with Crippen molar-refractivity contribution in [2.75, 3.05) is 0 Å². The number of amides is 2. The molecule has 0 saturated heterocycles. The Labute approximate surface area is 250 Å². The molecular weight excluding hydrogens is 548 g/mol. The molecule has 0 unspecified atom stereocenters. The van der Waals surface area contributed by atoms with Crippen molar-refractivity contribution in [2.45, 2.75) is 65.5 Å². The average Bonchev–Trinajstić information content (AvgIpc) is 3.44. The van der Waals surface area contributed by atoms with E-state index < -0.39 is 24.0 Å². The Bertz CT molecular complexity index is 1570. The second kappa shape index (κ2) is 12.7. The SMILES string of the molecule is Cc1cc(C)cc(-c2cnc(-c3ccc(C[C@H](NC(=O)c4ccc(C(C)(C)C)s4)C(=O)N[C@H](C)C(=O)O)cc3)nc2)c1. The number of aromatic nitrogens is 2. The van der Waals surface area contributed by atoms with Crippen LogP contribution in [0.4, 0.5) is 0 Å². The molecule has 2 amide bonds. The van der Waals surface area contributed by atoms with E-state index in [0.717, 1.165) is 27.1 Å². The number of aliphatic carboxylic acids is 1. The zero-order valence-electron chi connectivity index (χ0n) is 24.7. The molecular formula is C33H36N4O4S. The topological polar surface area (TPSA) is 121 Å². The summed E-state index contributed by atoms with van der Waals surface area (Å²) in [7, 11) is 0. The minimum absolute atomic E-state index is 0.109. The highest BCUT2D eigenvalue weighted by Gasteiger charge is 2.26. The zero-order chi connectivity index (χ0) is 30.6. The number of carbonyl (C=O) groups excluding carboxylic acids is 2. The third-order valence-corrected chi connectivity index (χ3v) is 8.29. The molecule has 0 aliphatic carbocycles. The molecule has 0 aliphatic heterocycles. The molecule has 4 aromatic rings. The maximum atomic E-state index is 13.1. The molecule has 0 radical (unpaired) electrons. The number of thiophene rings is 1. The van der Waals surface area contributed by atoms with Crippen molar-refractivity contribution in [3.8, 4) is 22.5 Å². The summed E-state index contributed by atoms with van der Waals surface area (Å²) in [5.41, 5.74) is 5.84. The van der Waals surface area contributed by atoms with Crippen molar-refractivity contribution in [3.05, 3.63) is 93.4 Å². The predicted molar refractivity (Wildman–Crippen MR) is 166 cm³/mol. The van der Waals surface area contributed by atoms with E-state index in [1.165, 1.54) is 29.4 Å². The zero-order valence-corrected chi connectivity index (χ0v) is 25.5. The Balaban J connectivity index is 1.51. The first kappa shape index (κ1) is 30.6. The largest absolute Gasteiger partial charge is 0.480 e. The van der Waals surface area contributed by atoms with E-state index in [-0.39, 0.29) is 17.7 Å². The third-order valence-electron chi connectivity index (χ3n) is 6.78. The lowest BCUT2D eigenvalue weighted by atomic mass is 9.95. The molecule has 2 heterocycles. The van der Waals surface area contributed by atoms with Gasteiger partial charge in [-0.2, -0.15) is 0 Å². The van der Waals surface area contributed by atoms with Gasteiger partial charge in [-0.05, 0) is 49.4 Å². The number of nitrogens with zero attached hydrogens (tertiary/aromatic N) is 2. The van der Waals surface area contributed by atoms with Crippen LogP contribution in [0.5, 0.6) is 0 Å². The molecule has 3 N–H and O–H groups in total. The number of benzene rings is 2. The van der Waals surface area contributed by atoms with Gasteiger partial charge in [-0.25, -0.2) is 9.97 Å². The van der Waals surface area contributed by atoms with Gasteiger partial charge in [0.25, 0.3) is 5.91 Å². The van der Waals surface area contributed by atoms with Gasteiger partial charge in [0.2, 0.25) is 5.91 Å². The maximum Gasteiger partial charge on any atom is 0.325 e. The molecule has 0 fully saturated rings. The van der Waals surface area contributed by atoms with Gasteiger partial charge >= 0.3 is 5.97 Å². The summed E-state index contributed by atoms with van der Waals surface area (Å²) in [6.07, 6.45) is 3.79. The van der Waals surface area contributed by atoms with Crippen LogP contribution in [-0.4, -0.2) is 44.9 Å². The summed E-state index contributed by atoms with van der Waals surface area (Å²) in [4.78, 5) is 48.2. The van der Waals surface area contributed by atoms with Crippen LogP contribution in [0.15, 0.2) is 67.0 Å². The number of nitrogens with one attached hydrogen (secondary N) is 2. The van der Waals surface area contributed by atoms with Crippen LogP contribution in [0.3, 0.4) is 0 Å². The van der Waals surface area contributed by atoms with Crippen LogP contribution >= 0.6 is 11.3 Å². The minimum atomic E-state index is -1.16. The van der Waals surface area contributed by atoms with Crippen LogP contribution in [0.2, 0.25) is 0 Å². The first-order valence-corrected chi connectivity index (χ1v) is 14.6. The minimum Gasteiger partial charge on any atom is -0.480 e. The molecule has 0 spiro atoms. The number of hydrogen-bond donors (Lipinski definition) is 3. The van der Waals surface area contributed by atoms with Crippen molar-refractivity contribution in [1.29, 1.82) is 0 Å². The van der Waals surface area contributed by atoms with E-state index >= 15 is 0 Å². The molecule has 218 valence electrons. The lowest BCUT2D eigenvalue weighted by molar-refractivity contribution is -0.141. The van der Waals surface area contributed by atoms with Crippen LogP contribution in [0, 0.1) is 13.8 Å². The Morgan fingerprint density at radius 3 is 2.02 bits per heavy atom. The van der Waals surface area contributed by atoms with E-state index in [4.69, 9.17) is 0 Å². The molecule has 9 heteroatoms. The van der Waals surface area contributed by atoms with Gasteiger partial charge in [0.05, 0.1) is 4.88 Å². The Kier molecular flexibility index (Phi) is 9.21. The molecule has 0 aliphatic rings. The van der Waals surface area contributed by atoms with Crippen molar-refractivity contribution in [3.63, 3.8) is 0 Å². The van der Waals surface area contributed by atoms with Gasteiger partial charge in [-0.15, -0.1) is 11.3 Å². The highest BCUT2D eigenvalue weighted by Crippen LogP contribution is 2.29. The van der Waals surface area contributed by atoms with Crippen molar-refractivity contribution in [2.24, 2.45) is 0 Å². The van der Waals surface area contributed by atoms with Crippen LogP contribution in [0.1, 0.15) is 58.9 Å². The van der Waals surface area contributed by atoms with E-state index in [0.29, 0.717) is 10.7 Å². The Morgan fingerprint density at radius 1 is 0.857 bits per heavy atom. The lowest BCUT2D eigenvalue weighted by Crippen LogP contribution is -2.51. The van der Waals surface area contributed by atoms with E-state index in [9.17, 15) is 19.5 Å². The van der Waals surface area contributed by atoms with E-state index in [1.54, 1.807) is 18.5 Å². The van der Waals surface area contributed by atoms with Gasteiger partial charge < -0.3 is 15.7 Å². The van der Waals surface area contributed by atoms with Gasteiger partial charge in [0.1, 0.15) is 12.1 Å². The van der Waals surface area contributed by atoms with E-state index in [1.807, 2.05) is 30.3 Å². The number of rotatable bonds is 9. The van der Waals surface area contributed by atoms with Crippen molar-refractivity contribution in [1.82, 2.24) is 20.6 Å². The summed E-state index contributed by atoms with van der Waals surface area (Å²) in [6.45, 7) is 11.7. The van der Waals surface area contributed by atoms with Gasteiger partial charge in [-0.3, -0.25) is 14.4 Å². The lowest BCUT2D eigenvalue weighted by Gasteiger charge is -2.20. The molecule has 2 aromatic heterocycles. The molecule has 0 saturated carbocycles.